The maximum absolute atomic E-state index is 10.5. The lowest BCUT2D eigenvalue weighted by atomic mass is 10.0. The van der Waals surface area contributed by atoms with E-state index in [0.29, 0.717) is 6.42 Å². The molecule has 0 amide bonds. The normalized spacial score (nSPS) is 9.36. The van der Waals surface area contributed by atoms with Crippen molar-refractivity contribution >= 4 is 5.97 Å². The second kappa shape index (κ2) is 5.08. The minimum absolute atomic E-state index is 0.0733. The van der Waals surface area contributed by atoms with Gasteiger partial charge in [-0.3, -0.25) is 4.79 Å². The molecule has 2 nitrogen and oxygen atoms in total. The first-order valence-corrected chi connectivity index (χ1v) is 4.45. The summed E-state index contributed by atoms with van der Waals surface area (Å²) in [5.74, 6) is 1.75. The van der Waals surface area contributed by atoms with Gasteiger partial charge in [-0.15, -0.1) is 12.3 Å². The van der Waals surface area contributed by atoms with Gasteiger partial charge in [-0.05, 0) is 17.5 Å². The van der Waals surface area contributed by atoms with Crippen molar-refractivity contribution in [2.75, 3.05) is 0 Å². The number of carboxylic acids is 1. The highest BCUT2D eigenvalue weighted by atomic mass is 16.4. The van der Waals surface area contributed by atoms with E-state index < -0.39 is 5.97 Å². The Balaban J connectivity index is 2.69. The first kappa shape index (κ1) is 10.3. The largest absolute Gasteiger partial charge is 0.481 e. The Labute approximate surface area is 83.6 Å². The van der Waals surface area contributed by atoms with E-state index in [0.717, 1.165) is 17.5 Å². The zero-order valence-electron chi connectivity index (χ0n) is 7.86. The molecular weight excluding hydrogens is 176 g/mol. The van der Waals surface area contributed by atoms with Gasteiger partial charge in [0.2, 0.25) is 0 Å². The zero-order valence-corrected chi connectivity index (χ0v) is 7.86. The molecule has 0 radical (unpaired) electrons. The maximum Gasteiger partial charge on any atom is 0.307 e. The number of carboxylic acid groups (broad SMARTS) is 1. The molecule has 72 valence electrons. The number of benzene rings is 1. The summed E-state index contributed by atoms with van der Waals surface area (Å²) < 4.78 is 0. The van der Waals surface area contributed by atoms with Crippen LogP contribution in [0.15, 0.2) is 24.3 Å². The van der Waals surface area contributed by atoms with Crippen molar-refractivity contribution in [3.63, 3.8) is 0 Å². The second-order valence-electron chi connectivity index (χ2n) is 3.09. The average molecular weight is 188 g/mol. The molecule has 1 rings (SSSR count). The molecule has 0 aliphatic carbocycles. The maximum atomic E-state index is 10.5. The summed E-state index contributed by atoms with van der Waals surface area (Å²) in [6, 6.07) is 7.53. The third kappa shape index (κ3) is 3.32. The summed E-state index contributed by atoms with van der Waals surface area (Å²) in [5.41, 5.74) is 1.92. The van der Waals surface area contributed by atoms with Gasteiger partial charge >= 0.3 is 5.97 Å². The minimum atomic E-state index is -0.806. The molecule has 0 aliphatic rings. The standard InChI is InChI=1S/C12H12O2/c1-2-3-5-10-6-4-7-11(8-10)9-12(13)14/h1,4,6-8H,3,5,9H2,(H,13,14). The third-order valence-electron chi connectivity index (χ3n) is 1.90. The van der Waals surface area contributed by atoms with Gasteiger partial charge in [0, 0.05) is 6.42 Å². The van der Waals surface area contributed by atoms with Crippen LogP contribution in [-0.2, 0) is 17.6 Å². The fourth-order valence-electron chi connectivity index (χ4n) is 1.29. The molecule has 0 fully saturated rings. The van der Waals surface area contributed by atoms with E-state index in [1.165, 1.54) is 0 Å². The number of hydrogen-bond donors (Lipinski definition) is 1. The summed E-state index contributed by atoms with van der Waals surface area (Å²) in [7, 11) is 0. The Morgan fingerprint density at radius 2 is 2.14 bits per heavy atom. The number of terminal acetylenes is 1. The third-order valence-corrected chi connectivity index (χ3v) is 1.90. The molecule has 0 spiro atoms. The van der Waals surface area contributed by atoms with Crippen LogP contribution in [0, 0.1) is 12.3 Å². The molecule has 0 aromatic heterocycles. The first-order valence-electron chi connectivity index (χ1n) is 4.45. The summed E-state index contributed by atoms with van der Waals surface area (Å²) in [6.45, 7) is 0. The summed E-state index contributed by atoms with van der Waals surface area (Å²) in [6.07, 6.45) is 6.72. The highest BCUT2D eigenvalue weighted by Crippen LogP contribution is 2.08. The quantitative estimate of drug-likeness (QED) is 0.732. The lowest BCUT2D eigenvalue weighted by Crippen LogP contribution is -2.00. The highest BCUT2D eigenvalue weighted by Gasteiger charge is 2.00. The number of aliphatic carboxylic acids is 1. The SMILES string of the molecule is C#CCCc1cccc(CC(=O)O)c1. The highest BCUT2D eigenvalue weighted by molar-refractivity contribution is 5.70. The van der Waals surface area contributed by atoms with Gasteiger partial charge in [0.1, 0.15) is 0 Å². The van der Waals surface area contributed by atoms with E-state index >= 15 is 0 Å². The molecule has 14 heavy (non-hydrogen) atoms. The minimum Gasteiger partial charge on any atom is -0.481 e. The molecule has 0 aliphatic heterocycles. The van der Waals surface area contributed by atoms with Gasteiger partial charge in [0.25, 0.3) is 0 Å². The Morgan fingerprint density at radius 3 is 2.79 bits per heavy atom. The fraction of sp³-hybridized carbons (Fsp3) is 0.250. The Bertz CT molecular complexity index is 361. The Kier molecular flexibility index (Phi) is 3.75. The molecule has 1 aromatic rings. The van der Waals surface area contributed by atoms with Crippen LogP contribution in [0.2, 0.25) is 0 Å². The van der Waals surface area contributed by atoms with E-state index in [9.17, 15) is 4.79 Å². The fourth-order valence-corrected chi connectivity index (χ4v) is 1.29. The summed E-state index contributed by atoms with van der Waals surface area (Å²) >= 11 is 0. The molecule has 0 atom stereocenters. The van der Waals surface area contributed by atoms with Crippen LogP contribution in [0.25, 0.3) is 0 Å². The van der Waals surface area contributed by atoms with Gasteiger partial charge in [0.05, 0.1) is 6.42 Å². The Hall–Kier alpha value is -1.75. The monoisotopic (exact) mass is 188 g/mol. The molecule has 0 unspecified atom stereocenters. The van der Waals surface area contributed by atoms with Crippen molar-refractivity contribution in [3.8, 4) is 12.3 Å². The number of hydrogen-bond acceptors (Lipinski definition) is 1. The summed E-state index contributed by atoms with van der Waals surface area (Å²) in [5, 5.41) is 8.60. The van der Waals surface area contributed by atoms with Crippen molar-refractivity contribution in [2.24, 2.45) is 0 Å². The van der Waals surface area contributed by atoms with Crippen LogP contribution >= 0.6 is 0 Å². The summed E-state index contributed by atoms with van der Waals surface area (Å²) in [4.78, 5) is 10.5. The molecular formula is C12H12O2. The van der Waals surface area contributed by atoms with Gasteiger partial charge in [-0.25, -0.2) is 0 Å². The number of carbonyl (C=O) groups is 1. The Morgan fingerprint density at radius 1 is 1.43 bits per heavy atom. The predicted molar refractivity (Wildman–Crippen MR) is 54.9 cm³/mol. The van der Waals surface area contributed by atoms with E-state index in [1.54, 1.807) is 0 Å². The average Bonchev–Trinajstić information content (AvgIpc) is 2.14. The van der Waals surface area contributed by atoms with Crippen LogP contribution in [0.4, 0.5) is 0 Å². The van der Waals surface area contributed by atoms with Crippen molar-refractivity contribution in [1.29, 1.82) is 0 Å². The molecule has 1 N–H and O–H groups in total. The molecule has 0 saturated heterocycles. The second-order valence-corrected chi connectivity index (χ2v) is 3.09. The zero-order chi connectivity index (χ0) is 10.4. The number of rotatable bonds is 4. The van der Waals surface area contributed by atoms with Crippen molar-refractivity contribution in [3.05, 3.63) is 35.4 Å². The molecule has 2 heteroatoms. The lowest BCUT2D eigenvalue weighted by Gasteiger charge is -2.01. The van der Waals surface area contributed by atoms with Crippen molar-refractivity contribution in [2.45, 2.75) is 19.3 Å². The molecule has 0 bridgehead atoms. The van der Waals surface area contributed by atoms with E-state index in [-0.39, 0.29) is 6.42 Å². The van der Waals surface area contributed by atoms with E-state index in [2.05, 4.69) is 5.92 Å². The van der Waals surface area contributed by atoms with Crippen LogP contribution in [-0.4, -0.2) is 11.1 Å². The van der Waals surface area contributed by atoms with Crippen LogP contribution < -0.4 is 0 Å². The van der Waals surface area contributed by atoms with E-state index in [4.69, 9.17) is 11.5 Å². The lowest BCUT2D eigenvalue weighted by molar-refractivity contribution is -0.136. The molecule has 0 heterocycles. The van der Waals surface area contributed by atoms with Crippen LogP contribution in [0.5, 0.6) is 0 Å². The van der Waals surface area contributed by atoms with Gasteiger partial charge in [0.15, 0.2) is 0 Å². The smallest absolute Gasteiger partial charge is 0.307 e. The van der Waals surface area contributed by atoms with Gasteiger partial charge in [-0.2, -0.15) is 0 Å². The predicted octanol–water partition coefficient (Wildman–Crippen LogP) is 1.88. The van der Waals surface area contributed by atoms with Crippen LogP contribution in [0.1, 0.15) is 17.5 Å². The molecule has 1 aromatic carbocycles. The van der Waals surface area contributed by atoms with Gasteiger partial charge < -0.3 is 5.11 Å². The number of aryl methyl sites for hydroxylation is 1. The first-order chi connectivity index (χ1) is 6.72. The van der Waals surface area contributed by atoms with E-state index in [1.807, 2.05) is 24.3 Å². The molecule has 0 saturated carbocycles. The van der Waals surface area contributed by atoms with Crippen molar-refractivity contribution in [1.82, 2.24) is 0 Å². The van der Waals surface area contributed by atoms with Crippen LogP contribution in [0.3, 0.4) is 0 Å². The van der Waals surface area contributed by atoms with Gasteiger partial charge in [-0.1, -0.05) is 24.3 Å². The van der Waals surface area contributed by atoms with Crippen molar-refractivity contribution < 1.29 is 9.90 Å². The topological polar surface area (TPSA) is 37.3 Å².